The second-order valence-electron chi connectivity index (χ2n) is 5.79. The van der Waals surface area contributed by atoms with Gasteiger partial charge >= 0.3 is 0 Å². The Hall–Kier alpha value is -2.63. The van der Waals surface area contributed by atoms with Gasteiger partial charge in [0.25, 0.3) is 5.69 Å². The van der Waals surface area contributed by atoms with E-state index >= 15 is 0 Å². The fourth-order valence-corrected chi connectivity index (χ4v) is 2.74. The number of nitro benzene ring substituents is 1. The fraction of sp³-hybridized carbons (Fsp3) is 0.353. The van der Waals surface area contributed by atoms with E-state index in [2.05, 4.69) is 9.89 Å². The lowest BCUT2D eigenvalue weighted by Crippen LogP contribution is -2.16. The maximum Gasteiger partial charge on any atom is 0.274 e. The molecule has 3 rings (SSSR count). The minimum atomic E-state index is -0.375. The molecule has 6 heteroatoms. The number of nitrogens with zero attached hydrogens (tertiary/aromatic N) is 3. The highest BCUT2D eigenvalue weighted by atomic mass is 16.6. The highest BCUT2D eigenvalue weighted by Gasteiger charge is 2.16. The van der Waals surface area contributed by atoms with Crippen LogP contribution in [0.2, 0.25) is 0 Å². The zero-order valence-corrected chi connectivity index (χ0v) is 13.3. The van der Waals surface area contributed by atoms with Crippen LogP contribution >= 0.6 is 0 Å². The largest absolute Gasteiger partial charge is 0.440 e. The van der Waals surface area contributed by atoms with E-state index in [1.165, 1.54) is 18.9 Å². The summed E-state index contributed by atoms with van der Waals surface area (Å²) in [6.07, 6.45) is 3.99. The van der Waals surface area contributed by atoms with Gasteiger partial charge in [-0.2, -0.15) is 0 Å². The summed E-state index contributed by atoms with van der Waals surface area (Å²) in [5.74, 6) is 1.50. The second kappa shape index (κ2) is 6.24. The molecule has 0 radical (unpaired) electrons. The Kier molecular flexibility index (Phi) is 4.14. The van der Waals surface area contributed by atoms with Crippen LogP contribution in [0.1, 0.15) is 29.7 Å². The van der Waals surface area contributed by atoms with Crippen molar-refractivity contribution in [3.63, 3.8) is 0 Å². The first-order valence-corrected chi connectivity index (χ1v) is 7.69. The molecule has 2 heterocycles. The topological polar surface area (TPSA) is 71.9 Å². The van der Waals surface area contributed by atoms with Crippen LogP contribution in [-0.4, -0.2) is 24.2 Å². The molecule has 0 amide bonds. The van der Waals surface area contributed by atoms with Crippen LogP contribution in [0.4, 0.5) is 17.3 Å². The lowest BCUT2D eigenvalue weighted by molar-refractivity contribution is -0.385. The number of aryl methyl sites for hydroxylation is 1. The summed E-state index contributed by atoms with van der Waals surface area (Å²) in [4.78, 5) is 17.2. The van der Waals surface area contributed by atoms with Crippen molar-refractivity contribution >= 4 is 23.5 Å². The van der Waals surface area contributed by atoms with Crippen molar-refractivity contribution in [2.75, 3.05) is 18.0 Å². The monoisotopic (exact) mass is 313 g/mol. The molecule has 2 aromatic rings. The van der Waals surface area contributed by atoms with E-state index in [0.717, 1.165) is 24.5 Å². The van der Waals surface area contributed by atoms with Crippen LogP contribution < -0.4 is 4.90 Å². The fourth-order valence-electron chi connectivity index (χ4n) is 2.74. The summed E-state index contributed by atoms with van der Waals surface area (Å²) in [6.45, 7) is 5.64. The molecule has 0 bridgehead atoms. The van der Waals surface area contributed by atoms with Gasteiger partial charge in [-0.05, 0) is 44.4 Å². The number of anilines is 1. The normalized spacial score (nSPS) is 14.8. The van der Waals surface area contributed by atoms with Gasteiger partial charge in [0.2, 0.25) is 0 Å². The van der Waals surface area contributed by atoms with Crippen molar-refractivity contribution < 1.29 is 9.34 Å². The third kappa shape index (κ3) is 3.26. The predicted molar refractivity (Wildman–Crippen MR) is 90.0 cm³/mol. The zero-order valence-electron chi connectivity index (χ0n) is 13.3. The maximum absolute atomic E-state index is 11.1. The molecular weight excluding hydrogens is 294 g/mol. The van der Waals surface area contributed by atoms with Crippen LogP contribution in [0.15, 0.2) is 33.7 Å². The van der Waals surface area contributed by atoms with Gasteiger partial charge in [0.1, 0.15) is 5.76 Å². The molecule has 1 aliphatic rings. The van der Waals surface area contributed by atoms with E-state index < -0.39 is 0 Å². The Morgan fingerprint density at radius 3 is 2.70 bits per heavy atom. The molecule has 0 N–H and O–H groups in total. The molecule has 0 spiro atoms. The zero-order chi connectivity index (χ0) is 16.4. The van der Waals surface area contributed by atoms with Crippen LogP contribution in [0.5, 0.6) is 0 Å². The number of nitro groups is 1. The van der Waals surface area contributed by atoms with Gasteiger partial charge in [-0.15, -0.1) is 0 Å². The van der Waals surface area contributed by atoms with E-state index in [1.54, 1.807) is 13.1 Å². The first kappa shape index (κ1) is 15.3. The third-order valence-electron chi connectivity index (χ3n) is 4.19. The summed E-state index contributed by atoms with van der Waals surface area (Å²) >= 11 is 0. The second-order valence-corrected chi connectivity index (χ2v) is 5.79. The minimum absolute atomic E-state index is 0.0920. The van der Waals surface area contributed by atoms with Crippen molar-refractivity contribution in [3.05, 3.63) is 51.3 Å². The lowest BCUT2D eigenvalue weighted by atomic mass is 10.1. The number of aliphatic imine (C=N–C) groups is 1. The summed E-state index contributed by atoms with van der Waals surface area (Å²) < 4.78 is 5.76. The first-order valence-electron chi connectivity index (χ1n) is 7.69. The Morgan fingerprint density at radius 1 is 1.26 bits per heavy atom. The Balaban J connectivity index is 1.81. The van der Waals surface area contributed by atoms with E-state index in [4.69, 9.17) is 4.42 Å². The molecule has 23 heavy (non-hydrogen) atoms. The van der Waals surface area contributed by atoms with Crippen molar-refractivity contribution in [2.24, 2.45) is 4.99 Å². The third-order valence-corrected chi connectivity index (χ3v) is 4.19. The minimum Gasteiger partial charge on any atom is -0.440 e. The highest BCUT2D eigenvalue weighted by molar-refractivity contribution is 5.79. The van der Waals surface area contributed by atoms with Gasteiger partial charge in [-0.3, -0.25) is 15.1 Å². The summed E-state index contributed by atoms with van der Waals surface area (Å²) in [7, 11) is 0. The van der Waals surface area contributed by atoms with Gasteiger partial charge in [0, 0.05) is 30.8 Å². The van der Waals surface area contributed by atoms with Gasteiger partial charge < -0.3 is 9.32 Å². The lowest BCUT2D eigenvalue weighted by Gasteiger charge is -2.12. The van der Waals surface area contributed by atoms with Gasteiger partial charge in [0.15, 0.2) is 5.88 Å². The quantitative estimate of drug-likeness (QED) is 0.483. The number of furan rings is 1. The molecule has 0 aliphatic carbocycles. The molecule has 6 nitrogen and oxygen atoms in total. The number of hydrogen-bond acceptors (Lipinski definition) is 5. The van der Waals surface area contributed by atoms with Crippen LogP contribution in [-0.2, 0) is 0 Å². The number of rotatable bonds is 4. The van der Waals surface area contributed by atoms with E-state index in [-0.39, 0.29) is 10.6 Å². The maximum atomic E-state index is 11.1. The van der Waals surface area contributed by atoms with Gasteiger partial charge in [-0.25, -0.2) is 0 Å². The van der Waals surface area contributed by atoms with Gasteiger partial charge in [0.05, 0.1) is 16.8 Å². The molecule has 1 saturated heterocycles. The molecule has 0 saturated carbocycles. The van der Waals surface area contributed by atoms with Crippen molar-refractivity contribution in [1.29, 1.82) is 0 Å². The Morgan fingerprint density at radius 2 is 2.00 bits per heavy atom. The predicted octanol–water partition coefficient (Wildman–Crippen LogP) is 4.16. The summed E-state index contributed by atoms with van der Waals surface area (Å²) in [6, 6.07) is 7.13. The summed E-state index contributed by atoms with van der Waals surface area (Å²) in [5, 5.41) is 11.1. The van der Waals surface area contributed by atoms with E-state index in [0.29, 0.717) is 17.0 Å². The van der Waals surface area contributed by atoms with E-state index in [1.807, 2.05) is 25.1 Å². The smallest absolute Gasteiger partial charge is 0.274 e. The molecule has 1 aromatic carbocycles. The molecule has 1 fully saturated rings. The van der Waals surface area contributed by atoms with Crippen LogP contribution in [0.25, 0.3) is 0 Å². The van der Waals surface area contributed by atoms with Crippen LogP contribution in [0.3, 0.4) is 0 Å². The number of hydrogen-bond donors (Lipinski definition) is 0. The van der Waals surface area contributed by atoms with Crippen LogP contribution in [0, 0.1) is 24.0 Å². The average molecular weight is 313 g/mol. The van der Waals surface area contributed by atoms with Crippen molar-refractivity contribution in [3.8, 4) is 0 Å². The molecule has 0 unspecified atom stereocenters. The molecule has 1 aromatic heterocycles. The SMILES string of the molecule is Cc1cc(N=Cc2ccc(N3CCCC3)o2)cc([N+](=O)[O-])c1C. The Bertz CT molecular complexity index is 758. The molecule has 120 valence electrons. The van der Waals surface area contributed by atoms with E-state index in [9.17, 15) is 10.1 Å². The van der Waals surface area contributed by atoms with Crippen molar-refractivity contribution in [2.45, 2.75) is 26.7 Å². The number of benzene rings is 1. The van der Waals surface area contributed by atoms with Gasteiger partial charge in [-0.1, -0.05) is 0 Å². The first-order chi connectivity index (χ1) is 11.0. The molecular formula is C17H19N3O3. The standard InChI is InChI=1S/C17H19N3O3/c1-12-9-14(10-16(13(12)2)20(21)22)18-11-15-5-6-17(23-15)19-7-3-4-8-19/h5-6,9-11H,3-4,7-8H2,1-2H3. The average Bonchev–Trinajstić information content (AvgIpc) is 3.18. The molecule has 0 atom stereocenters. The Labute approximate surface area is 134 Å². The highest BCUT2D eigenvalue weighted by Crippen LogP contribution is 2.28. The van der Waals surface area contributed by atoms with Crippen molar-refractivity contribution in [1.82, 2.24) is 0 Å². The summed E-state index contributed by atoms with van der Waals surface area (Å²) in [5.41, 5.74) is 2.17. The molecule has 1 aliphatic heterocycles.